The van der Waals surface area contributed by atoms with E-state index in [0.717, 1.165) is 5.57 Å². The third-order valence-electron chi connectivity index (χ3n) is 8.65. The Morgan fingerprint density at radius 2 is 1.94 bits per heavy atom. The monoisotopic (exact) mass is 442 g/mol. The molecule has 8 heteroatoms. The predicted octanol–water partition coefficient (Wildman–Crippen LogP) is -1.44. The van der Waals surface area contributed by atoms with E-state index in [4.69, 9.17) is 4.74 Å². The third-order valence-corrected chi connectivity index (χ3v) is 8.65. The van der Waals surface area contributed by atoms with Gasteiger partial charge in [0.2, 0.25) is 0 Å². The largest absolute Gasteiger partial charge is 1.00 e. The molecule has 4 aliphatic carbocycles. The minimum atomic E-state index is -1.66. The second-order valence-electron chi connectivity index (χ2n) is 9.88. The van der Waals surface area contributed by atoms with Gasteiger partial charge >= 0.3 is 35.5 Å². The number of esters is 1. The Hall–Kier alpha value is -0.830. The number of ether oxygens (including phenoxy) is 1. The van der Waals surface area contributed by atoms with Crippen LogP contribution in [-0.2, 0) is 19.1 Å². The first-order chi connectivity index (χ1) is 14.0. The minimum absolute atomic E-state index is 0. The van der Waals surface area contributed by atoms with Crippen LogP contribution in [0.2, 0.25) is 0 Å². The molecule has 0 saturated heterocycles. The number of carbonyl (C=O) groups excluding carboxylic acids is 3. The van der Waals surface area contributed by atoms with Gasteiger partial charge in [-0.25, -0.2) is 0 Å². The first-order valence-electron chi connectivity index (χ1n) is 10.7. The zero-order valence-electron chi connectivity index (χ0n) is 19.7. The van der Waals surface area contributed by atoms with Crippen LogP contribution in [0.15, 0.2) is 23.5 Å². The second kappa shape index (κ2) is 8.19. The molecular formula is C23H31NaO7. The van der Waals surface area contributed by atoms with Crippen molar-refractivity contribution in [2.75, 3.05) is 6.61 Å². The van der Waals surface area contributed by atoms with Gasteiger partial charge in [-0.1, -0.05) is 12.5 Å². The number of carbonyl (C=O) groups is 3. The van der Waals surface area contributed by atoms with E-state index in [9.17, 15) is 29.7 Å². The first-order valence-corrected chi connectivity index (χ1v) is 10.7. The molecule has 0 aromatic carbocycles. The van der Waals surface area contributed by atoms with Gasteiger partial charge in [0.15, 0.2) is 11.6 Å². The van der Waals surface area contributed by atoms with Gasteiger partial charge in [-0.3, -0.25) is 14.4 Å². The number of ketones is 2. The smallest absolute Gasteiger partial charge is 1.00 e. The molecule has 3 fully saturated rings. The molecule has 31 heavy (non-hydrogen) atoms. The summed E-state index contributed by atoms with van der Waals surface area (Å²) in [5.74, 6) is -1.41. The maximum Gasteiger partial charge on any atom is 1.00 e. The molecular weight excluding hydrogens is 411 g/mol. The number of fused-ring (bicyclic) bond motifs is 5. The molecule has 0 amide bonds. The molecule has 3 N–H and O–H groups in total. The molecule has 0 bridgehead atoms. The molecule has 4 aliphatic rings. The molecule has 3 saturated carbocycles. The molecule has 0 aromatic heterocycles. The molecule has 0 aromatic rings. The number of hydrogen-bond acceptors (Lipinski definition) is 7. The van der Waals surface area contributed by atoms with E-state index < -0.39 is 40.9 Å². The van der Waals surface area contributed by atoms with Crippen molar-refractivity contribution in [3.8, 4) is 0 Å². The van der Waals surface area contributed by atoms with Gasteiger partial charge < -0.3 is 21.5 Å². The Morgan fingerprint density at radius 3 is 2.55 bits per heavy atom. The quantitative estimate of drug-likeness (QED) is 0.362. The van der Waals surface area contributed by atoms with Crippen LogP contribution in [0.3, 0.4) is 0 Å². The predicted molar refractivity (Wildman–Crippen MR) is 107 cm³/mol. The van der Waals surface area contributed by atoms with Crippen molar-refractivity contribution in [3.63, 3.8) is 0 Å². The topological polar surface area (TPSA) is 121 Å². The molecule has 0 unspecified atom stereocenters. The number of rotatable bonds is 3. The van der Waals surface area contributed by atoms with E-state index in [-0.39, 0.29) is 73.1 Å². The van der Waals surface area contributed by atoms with Crippen LogP contribution in [0.25, 0.3) is 0 Å². The number of aliphatic hydroxyl groups excluding tert-OH is 2. The van der Waals surface area contributed by atoms with E-state index in [1.807, 2.05) is 13.8 Å². The standard InChI is InChI=1S/C23H30O7.Na.H/c1-12(25)30-19-9-14(26)8-13-4-5-15-16-6-7-23(29,18(28)11-24)21(16,2)10-17(27)20(15)22(13,19)3;;/h8-9,15-17,20,24,27,29H,4-7,10-11H2,1-3H3;;/q;+1;-1/t15-,16-,17-,20+,21-,22+,23-;;/m0../s1. The van der Waals surface area contributed by atoms with Crippen LogP contribution in [-0.4, -0.2) is 51.2 Å². The van der Waals surface area contributed by atoms with Gasteiger partial charge in [-0.2, -0.15) is 0 Å². The van der Waals surface area contributed by atoms with Crippen LogP contribution in [0, 0.1) is 28.6 Å². The van der Waals surface area contributed by atoms with E-state index >= 15 is 0 Å². The zero-order valence-corrected chi connectivity index (χ0v) is 20.7. The summed E-state index contributed by atoms with van der Waals surface area (Å²) >= 11 is 0. The van der Waals surface area contributed by atoms with Crippen LogP contribution in [0.4, 0.5) is 0 Å². The average molecular weight is 442 g/mol. The summed E-state index contributed by atoms with van der Waals surface area (Å²) in [5, 5.41) is 32.1. The number of aliphatic hydroxyl groups is 3. The molecule has 0 radical (unpaired) electrons. The molecule has 166 valence electrons. The second-order valence-corrected chi connectivity index (χ2v) is 9.88. The summed E-state index contributed by atoms with van der Waals surface area (Å²) < 4.78 is 5.48. The summed E-state index contributed by atoms with van der Waals surface area (Å²) in [5.41, 5.74) is -2.45. The van der Waals surface area contributed by atoms with Crippen molar-refractivity contribution in [1.82, 2.24) is 0 Å². The van der Waals surface area contributed by atoms with Crippen molar-refractivity contribution in [3.05, 3.63) is 23.5 Å². The van der Waals surface area contributed by atoms with Crippen molar-refractivity contribution in [1.29, 1.82) is 0 Å². The normalized spacial score (nSPS) is 43.5. The zero-order chi connectivity index (χ0) is 22.1. The van der Waals surface area contributed by atoms with E-state index in [1.165, 1.54) is 13.0 Å². The van der Waals surface area contributed by atoms with Crippen LogP contribution < -0.4 is 29.6 Å². The maximum atomic E-state index is 12.5. The molecule has 7 atom stereocenters. The Kier molecular flexibility index (Phi) is 6.55. The molecule has 4 rings (SSSR count). The van der Waals surface area contributed by atoms with Crippen molar-refractivity contribution in [2.45, 2.75) is 64.6 Å². The summed E-state index contributed by atoms with van der Waals surface area (Å²) in [7, 11) is 0. The Balaban J connectivity index is 0.00000181. The fraction of sp³-hybridized carbons (Fsp3) is 0.696. The van der Waals surface area contributed by atoms with Gasteiger partial charge in [0.05, 0.1) is 11.5 Å². The molecule has 0 heterocycles. The summed E-state index contributed by atoms with van der Waals surface area (Å²) in [6, 6.07) is 0. The van der Waals surface area contributed by atoms with Gasteiger partial charge in [-0.05, 0) is 56.9 Å². The Morgan fingerprint density at radius 1 is 1.26 bits per heavy atom. The van der Waals surface area contributed by atoms with Gasteiger partial charge in [-0.15, -0.1) is 0 Å². The van der Waals surface area contributed by atoms with Crippen LogP contribution in [0.1, 0.15) is 54.3 Å². The Labute approximate surface area is 205 Å². The SMILES string of the molecule is CC(=O)OC1=CC(=O)C=C2CC[C@@H]3[C@H]([C@@H](O)C[C@@]4(C)[C@H]3CC[C@]4(O)C(=O)CO)[C@]21C.[H-].[Na+]. The van der Waals surface area contributed by atoms with Gasteiger partial charge in [0.25, 0.3) is 0 Å². The van der Waals surface area contributed by atoms with Gasteiger partial charge in [0, 0.05) is 24.3 Å². The fourth-order valence-electron chi connectivity index (χ4n) is 7.28. The minimum Gasteiger partial charge on any atom is -1.00 e. The summed E-state index contributed by atoms with van der Waals surface area (Å²) in [6.45, 7) is 4.33. The molecule has 0 aliphatic heterocycles. The third kappa shape index (κ3) is 3.35. The van der Waals surface area contributed by atoms with Crippen molar-refractivity contribution in [2.24, 2.45) is 28.6 Å². The van der Waals surface area contributed by atoms with E-state index in [1.54, 1.807) is 6.08 Å². The number of Topliss-reactive ketones (excluding diaryl/α,β-unsaturated/α-hetero) is 1. The van der Waals surface area contributed by atoms with Crippen molar-refractivity contribution < 1.29 is 65.4 Å². The fourth-order valence-corrected chi connectivity index (χ4v) is 7.28. The first kappa shape index (κ1) is 24.8. The molecule has 0 spiro atoms. The van der Waals surface area contributed by atoms with Crippen LogP contribution in [0.5, 0.6) is 0 Å². The van der Waals surface area contributed by atoms with E-state index in [2.05, 4.69) is 0 Å². The average Bonchev–Trinajstić information content (AvgIpc) is 2.93. The summed E-state index contributed by atoms with van der Waals surface area (Å²) in [6.07, 6.45) is 4.47. The van der Waals surface area contributed by atoms with E-state index in [0.29, 0.717) is 19.3 Å². The van der Waals surface area contributed by atoms with Crippen LogP contribution >= 0.6 is 0 Å². The van der Waals surface area contributed by atoms with Crippen molar-refractivity contribution >= 4 is 17.5 Å². The number of hydrogen-bond donors (Lipinski definition) is 3. The molecule has 7 nitrogen and oxygen atoms in total. The Bertz CT molecular complexity index is 886. The van der Waals surface area contributed by atoms with Gasteiger partial charge in [0.1, 0.15) is 18.0 Å². The number of allylic oxidation sites excluding steroid dienone is 3. The summed E-state index contributed by atoms with van der Waals surface area (Å²) in [4.78, 5) is 36.4. The maximum absolute atomic E-state index is 12.5.